The normalized spacial score (nSPS) is 23.2. The van der Waals surface area contributed by atoms with E-state index in [1.807, 2.05) is 0 Å². The van der Waals surface area contributed by atoms with E-state index in [2.05, 4.69) is 47.6 Å². The highest BCUT2D eigenvalue weighted by molar-refractivity contribution is 5.82. The summed E-state index contributed by atoms with van der Waals surface area (Å²) in [5.41, 5.74) is 4.97. The van der Waals surface area contributed by atoms with Crippen molar-refractivity contribution in [2.45, 2.75) is 103 Å². The molecule has 2 aliphatic carbocycles. The van der Waals surface area contributed by atoms with Crippen LogP contribution in [0.3, 0.4) is 0 Å². The standard InChI is InChI=1S/C31H45N3O2/c1-3-23-10-13-26(14-11-23)31-32-28-15-12-24(20-25-17-19-36-22-25)21-29(28)34(31)18-16-30(35)33(4-2)27-8-6-5-7-9-27/h12-13,15,21,23,25,27H,3-11,14,16-20,22H2,1-2H3/t23-,25-/m1/s1. The molecule has 0 N–H and O–H groups in total. The van der Waals surface area contributed by atoms with Crippen LogP contribution in [0.1, 0.15) is 95.9 Å². The quantitative estimate of drug-likeness (QED) is 0.388. The topological polar surface area (TPSA) is 47.4 Å². The van der Waals surface area contributed by atoms with Crippen LogP contribution in [0.4, 0.5) is 0 Å². The molecule has 1 amide bonds. The molecule has 0 radical (unpaired) electrons. The van der Waals surface area contributed by atoms with Crippen LogP contribution in [-0.4, -0.2) is 46.2 Å². The van der Waals surface area contributed by atoms with Gasteiger partial charge >= 0.3 is 0 Å². The van der Waals surface area contributed by atoms with Gasteiger partial charge in [0.25, 0.3) is 0 Å². The lowest BCUT2D eigenvalue weighted by atomic mass is 9.87. The molecular formula is C31H45N3O2. The maximum Gasteiger partial charge on any atom is 0.224 e. The van der Waals surface area contributed by atoms with Gasteiger partial charge in [0.1, 0.15) is 5.82 Å². The Hall–Kier alpha value is -2.14. The van der Waals surface area contributed by atoms with Crippen LogP contribution in [0.15, 0.2) is 24.3 Å². The number of allylic oxidation sites excluding steroid dienone is 2. The number of benzene rings is 1. The fraction of sp³-hybridized carbons (Fsp3) is 0.677. The number of carbonyl (C=O) groups is 1. The first-order chi connectivity index (χ1) is 17.7. The van der Waals surface area contributed by atoms with E-state index in [1.165, 1.54) is 61.6 Å². The number of ether oxygens (including phenoxy) is 1. The highest BCUT2D eigenvalue weighted by Gasteiger charge is 2.25. The molecule has 1 aliphatic heterocycles. The van der Waals surface area contributed by atoms with Gasteiger partial charge in [0.2, 0.25) is 5.91 Å². The summed E-state index contributed by atoms with van der Waals surface area (Å²) < 4.78 is 7.99. The Morgan fingerprint density at radius 2 is 1.97 bits per heavy atom. The van der Waals surface area contributed by atoms with Crippen LogP contribution in [0.25, 0.3) is 16.6 Å². The van der Waals surface area contributed by atoms with Gasteiger partial charge in [-0.2, -0.15) is 0 Å². The van der Waals surface area contributed by atoms with E-state index >= 15 is 0 Å². The van der Waals surface area contributed by atoms with Crippen molar-refractivity contribution in [3.63, 3.8) is 0 Å². The predicted molar refractivity (Wildman–Crippen MR) is 147 cm³/mol. The molecule has 196 valence electrons. The third-order valence-electron chi connectivity index (χ3n) is 8.97. The Kier molecular flexibility index (Phi) is 8.46. The Morgan fingerprint density at radius 3 is 2.67 bits per heavy atom. The summed E-state index contributed by atoms with van der Waals surface area (Å²) >= 11 is 0. The molecule has 1 aromatic carbocycles. The summed E-state index contributed by atoms with van der Waals surface area (Å²) in [6, 6.07) is 7.21. The summed E-state index contributed by atoms with van der Waals surface area (Å²) in [6.07, 6.45) is 16.1. The number of aromatic nitrogens is 2. The molecule has 0 bridgehead atoms. The minimum atomic E-state index is 0.306. The van der Waals surface area contributed by atoms with Crippen molar-refractivity contribution >= 4 is 22.5 Å². The Labute approximate surface area is 217 Å². The zero-order valence-electron chi connectivity index (χ0n) is 22.5. The lowest BCUT2D eigenvalue weighted by Gasteiger charge is -2.33. The van der Waals surface area contributed by atoms with Crippen molar-refractivity contribution in [1.82, 2.24) is 14.5 Å². The van der Waals surface area contributed by atoms with E-state index in [0.29, 0.717) is 30.8 Å². The van der Waals surface area contributed by atoms with Crippen molar-refractivity contribution in [2.24, 2.45) is 11.8 Å². The average Bonchev–Trinajstić information content (AvgIpc) is 3.56. The Balaban J connectivity index is 1.41. The van der Waals surface area contributed by atoms with Crippen molar-refractivity contribution in [1.29, 1.82) is 0 Å². The summed E-state index contributed by atoms with van der Waals surface area (Å²) in [5, 5.41) is 0. The zero-order valence-corrected chi connectivity index (χ0v) is 22.5. The molecule has 1 saturated heterocycles. The molecule has 36 heavy (non-hydrogen) atoms. The van der Waals surface area contributed by atoms with Gasteiger partial charge in [0.15, 0.2) is 0 Å². The van der Waals surface area contributed by atoms with Gasteiger partial charge in [-0.15, -0.1) is 0 Å². The van der Waals surface area contributed by atoms with Crippen molar-refractivity contribution < 1.29 is 9.53 Å². The number of nitrogens with zero attached hydrogens (tertiary/aromatic N) is 3. The van der Waals surface area contributed by atoms with Gasteiger partial charge in [-0.3, -0.25) is 4.79 Å². The number of aryl methyl sites for hydroxylation is 1. The molecule has 1 aromatic heterocycles. The van der Waals surface area contributed by atoms with Crippen LogP contribution in [0.5, 0.6) is 0 Å². The maximum absolute atomic E-state index is 13.4. The van der Waals surface area contributed by atoms with Gasteiger partial charge in [0.05, 0.1) is 11.0 Å². The van der Waals surface area contributed by atoms with E-state index in [0.717, 1.165) is 62.7 Å². The number of hydrogen-bond donors (Lipinski definition) is 0. The number of hydrogen-bond acceptors (Lipinski definition) is 3. The molecular weight excluding hydrogens is 446 g/mol. The average molecular weight is 492 g/mol. The molecule has 5 nitrogen and oxygen atoms in total. The first kappa shape index (κ1) is 25.5. The fourth-order valence-electron chi connectivity index (χ4n) is 6.69. The van der Waals surface area contributed by atoms with Gasteiger partial charge in [-0.1, -0.05) is 44.7 Å². The number of imidazole rings is 1. The second kappa shape index (κ2) is 11.9. The molecule has 5 rings (SSSR count). The highest BCUT2D eigenvalue weighted by Crippen LogP contribution is 2.34. The highest BCUT2D eigenvalue weighted by atomic mass is 16.5. The fourth-order valence-corrected chi connectivity index (χ4v) is 6.69. The van der Waals surface area contributed by atoms with Crippen LogP contribution in [-0.2, 0) is 22.5 Å². The van der Waals surface area contributed by atoms with Crippen molar-refractivity contribution in [3.8, 4) is 0 Å². The number of rotatable bonds is 9. The molecule has 3 aliphatic rings. The van der Waals surface area contributed by atoms with Gasteiger partial charge in [-0.25, -0.2) is 4.98 Å². The summed E-state index contributed by atoms with van der Waals surface area (Å²) in [4.78, 5) is 20.7. The van der Waals surface area contributed by atoms with E-state index in [9.17, 15) is 4.79 Å². The van der Waals surface area contributed by atoms with E-state index < -0.39 is 0 Å². The summed E-state index contributed by atoms with van der Waals surface area (Å²) in [7, 11) is 0. The van der Waals surface area contributed by atoms with Gasteiger partial charge < -0.3 is 14.2 Å². The number of carbonyl (C=O) groups excluding carboxylic acids is 1. The zero-order chi connectivity index (χ0) is 24.9. The molecule has 0 spiro atoms. The molecule has 2 heterocycles. The van der Waals surface area contributed by atoms with E-state index in [1.54, 1.807) is 0 Å². The third-order valence-corrected chi connectivity index (χ3v) is 8.97. The van der Waals surface area contributed by atoms with Gasteiger partial charge in [0, 0.05) is 38.8 Å². The Morgan fingerprint density at radius 1 is 1.11 bits per heavy atom. The molecule has 2 aromatic rings. The number of amides is 1. The lowest BCUT2D eigenvalue weighted by Crippen LogP contribution is -2.41. The largest absolute Gasteiger partial charge is 0.381 e. The minimum absolute atomic E-state index is 0.306. The minimum Gasteiger partial charge on any atom is -0.381 e. The number of fused-ring (bicyclic) bond motifs is 1. The van der Waals surface area contributed by atoms with Crippen LogP contribution in [0.2, 0.25) is 0 Å². The predicted octanol–water partition coefficient (Wildman–Crippen LogP) is 6.78. The molecule has 2 atom stereocenters. The second-order valence-electron chi connectivity index (χ2n) is 11.3. The third kappa shape index (κ3) is 5.72. The van der Waals surface area contributed by atoms with Crippen LogP contribution < -0.4 is 0 Å². The monoisotopic (exact) mass is 491 g/mol. The van der Waals surface area contributed by atoms with Crippen LogP contribution >= 0.6 is 0 Å². The van der Waals surface area contributed by atoms with Crippen molar-refractivity contribution in [3.05, 3.63) is 35.7 Å². The molecule has 1 saturated carbocycles. The first-order valence-electron chi connectivity index (χ1n) is 14.7. The SMILES string of the molecule is CC[C@@H]1CC=C(c2nc3ccc(C[C@H]4CCOC4)cc3n2CCC(=O)N(CC)C2CCCCC2)CC1. The van der Waals surface area contributed by atoms with Crippen molar-refractivity contribution in [2.75, 3.05) is 19.8 Å². The Bertz CT molecular complexity index is 1060. The second-order valence-corrected chi connectivity index (χ2v) is 11.3. The smallest absolute Gasteiger partial charge is 0.224 e. The molecule has 0 unspecified atom stereocenters. The maximum atomic E-state index is 13.4. The van der Waals surface area contributed by atoms with Crippen LogP contribution in [0, 0.1) is 11.8 Å². The molecule has 2 fully saturated rings. The summed E-state index contributed by atoms with van der Waals surface area (Å²) in [5.74, 6) is 2.80. The summed E-state index contributed by atoms with van der Waals surface area (Å²) in [6.45, 7) is 7.72. The van der Waals surface area contributed by atoms with E-state index in [4.69, 9.17) is 9.72 Å². The first-order valence-corrected chi connectivity index (χ1v) is 14.7. The lowest BCUT2D eigenvalue weighted by molar-refractivity contribution is -0.134. The molecule has 5 heteroatoms. The van der Waals surface area contributed by atoms with E-state index in [-0.39, 0.29) is 0 Å². The van der Waals surface area contributed by atoms with Gasteiger partial charge in [-0.05, 0) is 87.0 Å².